The molecule has 1 aromatic heterocycles. The molecule has 0 spiro atoms. The minimum atomic E-state index is -0.684. The first-order chi connectivity index (χ1) is 7.18. The third kappa shape index (κ3) is 2.04. The third-order valence-electron chi connectivity index (χ3n) is 2.55. The van der Waals surface area contributed by atoms with Gasteiger partial charge in [-0.2, -0.15) is 5.10 Å². The topological polar surface area (TPSA) is 47.3 Å². The van der Waals surface area contributed by atoms with E-state index in [9.17, 15) is 5.11 Å². The van der Waals surface area contributed by atoms with Crippen molar-refractivity contribution in [3.8, 4) is 0 Å². The van der Waals surface area contributed by atoms with Gasteiger partial charge in [-0.25, -0.2) is 0 Å². The second kappa shape index (κ2) is 4.06. The van der Waals surface area contributed by atoms with Gasteiger partial charge in [0.05, 0.1) is 18.0 Å². The number of ether oxygens (including phenoxy) is 1. The predicted molar refractivity (Wildman–Crippen MR) is 56.2 cm³/mol. The Balaban J connectivity index is 2.23. The highest BCUT2D eigenvalue weighted by atomic mass is 16.5. The van der Waals surface area contributed by atoms with E-state index < -0.39 is 6.10 Å². The van der Waals surface area contributed by atoms with Gasteiger partial charge in [0, 0.05) is 7.05 Å². The summed E-state index contributed by atoms with van der Waals surface area (Å²) >= 11 is 0. The second-order valence-corrected chi connectivity index (χ2v) is 3.83. The van der Waals surface area contributed by atoms with Gasteiger partial charge < -0.3 is 9.84 Å². The Labute approximate surface area is 89.2 Å². The van der Waals surface area contributed by atoms with Gasteiger partial charge in [-0.1, -0.05) is 0 Å². The van der Waals surface area contributed by atoms with Gasteiger partial charge in [-0.15, -0.1) is 0 Å². The van der Waals surface area contributed by atoms with Crippen molar-refractivity contribution in [3.63, 3.8) is 0 Å². The lowest BCUT2D eigenvalue weighted by Crippen LogP contribution is -2.12. The summed E-state index contributed by atoms with van der Waals surface area (Å²) < 4.78 is 7.12. The van der Waals surface area contributed by atoms with E-state index in [1.807, 2.05) is 26.1 Å². The van der Waals surface area contributed by atoms with E-state index in [0.717, 1.165) is 24.2 Å². The van der Waals surface area contributed by atoms with Crippen molar-refractivity contribution < 1.29 is 9.84 Å². The van der Waals surface area contributed by atoms with Crippen molar-refractivity contribution in [3.05, 3.63) is 29.3 Å². The summed E-state index contributed by atoms with van der Waals surface area (Å²) in [4.78, 5) is 0. The lowest BCUT2D eigenvalue weighted by Gasteiger charge is -2.19. The quantitative estimate of drug-likeness (QED) is 0.800. The second-order valence-electron chi connectivity index (χ2n) is 3.83. The van der Waals surface area contributed by atoms with Gasteiger partial charge in [0.15, 0.2) is 6.10 Å². The van der Waals surface area contributed by atoms with E-state index >= 15 is 0 Å². The molecule has 0 saturated heterocycles. The molecule has 1 unspecified atom stereocenters. The monoisotopic (exact) mass is 208 g/mol. The summed E-state index contributed by atoms with van der Waals surface area (Å²) in [6.45, 7) is 2.60. The fraction of sp³-hybridized carbons (Fsp3) is 0.545. The van der Waals surface area contributed by atoms with Crippen LogP contribution in [-0.4, -0.2) is 21.5 Å². The van der Waals surface area contributed by atoms with Crippen LogP contribution in [0.5, 0.6) is 0 Å². The fourth-order valence-electron chi connectivity index (χ4n) is 1.80. The van der Waals surface area contributed by atoms with Gasteiger partial charge in [-0.05, 0) is 31.9 Å². The molecule has 0 amide bonds. The molecule has 0 bridgehead atoms. The van der Waals surface area contributed by atoms with Gasteiger partial charge in [-0.3, -0.25) is 4.68 Å². The first-order valence-electron chi connectivity index (χ1n) is 5.20. The summed E-state index contributed by atoms with van der Waals surface area (Å²) in [7, 11) is 1.83. The Bertz CT molecular complexity index is 382. The third-order valence-corrected chi connectivity index (χ3v) is 2.55. The van der Waals surface area contributed by atoms with Crippen molar-refractivity contribution in [1.29, 1.82) is 0 Å². The van der Waals surface area contributed by atoms with Crippen LogP contribution in [-0.2, 0) is 11.8 Å². The maximum absolute atomic E-state index is 10.1. The van der Waals surface area contributed by atoms with E-state index in [4.69, 9.17) is 4.74 Å². The maximum Gasteiger partial charge on any atom is 0.152 e. The van der Waals surface area contributed by atoms with Crippen LogP contribution in [0.15, 0.2) is 17.9 Å². The molecule has 4 nitrogen and oxygen atoms in total. The Morgan fingerprint density at radius 3 is 2.93 bits per heavy atom. The van der Waals surface area contributed by atoms with Crippen LogP contribution in [0.1, 0.15) is 30.3 Å². The molecule has 0 saturated carbocycles. The Morgan fingerprint density at radius 2 is 2.40 bits per heavy atom. The highest BCUT2D eigenvalue weighted by Crippen LogP contribution is 2.25. The van der Waals surface area contributed by atoms with Gasteiger partial charge in [0.1, 0.15) is 5.76 Å². The summed E-state index contributed by atoms with van der Waals surface area (Å²) in [5.74, 6) is 0.657. The van der Waals surface area contributed by atoms with Crippen molar-refractivity contribution >= 4 is 0 Å². The van der Waals surface area contributed by atoms with Crippen LogP contribution in [0, 0.1) is 6.92 Å². The molecule has 4 heteroatoms. The van der Waals surface area contributed by atoms with Gasteiger partial charge in [0.2, 0.25) is 0 Å². The molecule has 0 radical (unpaired) electrons. The normalized spacial score (nSPS) is 18.2. The zero-order valence-electron chi connectivity index (χ0n) is 9.10. The first kappa shape index (κ1) is 10.2. The molecule has 1 N–H and O–H groups in total. The summed E-state index contributed by atoms with van der Waals surface area (Å²) in [5, 5.41) is 14.3. The van der Waals surface area contributed by atoms with E-state index in [1.54, 1.807) is 4.68 Å². The number of rotatable bonds is 2. The lowest BCUT2D eigenvalue weighted by atomic mass is 10.1. The maximum atomic E-state index is 10.1. The number of hydrogen-bond donors (Lipinski definition) is 1. The fourth-order valence-corrected chi connectivity index (χ4v) is 1.80. The SMILES string of the molecule is Cc1cc(C(O)C2=CCCCO2)n(C)n1. The number of aliphatic hydroxyl groups excluding tert-OH is 1. The molecule has 82 valence electrons. The largest absolute Gasteiger partial charge is 0.495 e. The predicted octanol–water partition coefficient (Wildman–Crippen LogP) is 1.46. The molecular formula is C11H16N2O2. The first-order valence-corrected chi connectivity index (χ1v) is 5.20. The number of nitrogens with zero attached hydrogens (tertiary/aromatic N) is 2. The molecule has 0 aromatic carbocycles. The Hall–Kier alpha value is -1.29. The number of aliphatic hydroxyl groups is 1. The lowest BCUT2D eigenvalue weighted by molar-refractivity contribution is 0.0872. The molecule has 1 aliphatic rings. The molecule has 0 aliphatic carbocycles. The molecule has 1 aromatic rings. The molecule has 15 heavy (non-hydrogen) atoms. The minimum absolute atomic E-state index is 0.657. The van der Waals surface area contributed by atoms with Crippen LogP contribution in [0.2, 0.25) is 0 Å². The highest BCUT2D eigenvalue weighted by molar-refractivity contribution is 5.19. The molecule has 2 heterocycles. The van der Waals surface area contributed by atoms with E-state index in [0.29, 0.717) is 12.4 Å². The summed E-state index contributed by atoms with van der Waals surface area (Å²) in [6, 6.07) is 1.88. The number of allylic oxidation sites excluding steroid dienone is 1. The Morgan fingerprint density at radius 1 is 1.60 bits per heavy atom. The van der Waals surface area contributed by atoms with E-state index in [2.05, 4.69) is 5.10 Å². The minimum Gasteiger partial charge on any atom is -0.495 e. The summed E-state index contributed by atoms with van der Waals surface area (Å²) in [6.07, 6.45) is 3.27. The van der Waals surface area contributed by atoms with Crippen molar-refractivity contribution in [1.82, 2.24) is 9.78 Å². The number of aromatic nitrogens is 2. The average Bonchev–Trinajstić information content (AvgIpc) is 2.58. The Kier molecular flexibility index (Phi) is 2.77. The van der Waals surface area contributed by atoms with Gasteiger partial charge in [0.25, 0.3) is 0 Å². The van der Waals surface area contributed by atoms with E-state index in [1.165, 1.54) is 0 Å². The summed E-state index contributed by atoms with van der Waals surface area (Å²) in [5.41, 5.74) is 1.68. The number of aryl methyl sites for hydroxylation is 2. The van der Waals surface area contributed by atoms with Crippen LogP contribution >= 0.6 is 0 Å². The average molecular weight is 208 g/mol. The van der Waals surface area contributed by atoms with Crippen LogP contribution in [0.25, 0.3) is 0 Å². The molecule has 0 fully saturated rings. The zero-order valence-corrected chi connectivity index (χ0v) is 9.10. The standard InChI is InChI=1S/C11H16N2O2/c1-8-7-9(13(2)12-8)11(14)10-5-3-4-6-15-10/h5,7,11,14H,3-4,6H2,1-2H3. The number of hydrogen-bond acceptors (Lipinski definition) is 3. The van der Waals surface area contributed by atoms with Gasteiger partial charge >= 0.3 is 0 Å². The molecule has 1 aliphatic heterocycles. The van der Waals surface area contributed by atoms with E-state index in [-0.39, 0.29) is 0 Å². The zero-order chi connectivity index (χ0) is 10.8. The van der Waals surface area contributed by atoms with Crippen LogP contribution in [0.4, 0.5) is 0 Å². The van der Waals surface area contributed by atoms with Crippen molar-refractivity contribution in [2.45, 2.75) is 25.9 Å². The molecule has 2 rings (SSSR count). The molecule has 1 atom stereocenters. The van der Waals surface area contributed by atoms with Crippen molar-refractivity contribution in [2.75, 3.05) is 6.61 Å². The smallest absolute Gasteiger partial charge is 0.152 e. The van der Waals surface area contributed by atoms with Crippen LogP contribution < -0.4 is 0 Å². The van der Waals surface area contributed by atoms with Crippen LogP contribution in [0.3, 0.4) is 0 Å². The highest BCUT2D eigenvalue weighted by Gasteiger charge is 2.20. The molecular weight excluding hydrogens is 192 g/mol. The van der Waals surface area contributed by atoms with Crippen molar-refractivity contribution in [2.24, 2.45) is 7.05 Å².